The molecule has 2 aromatic rings. The fourth-order valence-electron chi connectivity index (χ4n) is 2.22. The number of nitrogens with zero attached hydrogens (tertiary/aromatic N) is 2. The first kappa shape index (κ1) is 14.4. The molecule has 108 valence electrons. The van der Waals surface area contributed by atoms with E-state index in [1.165, 1.54) is 0 Å². The van der Waals surface area contributed by atoms with Crippen molar-refractivity contribution in [3.05, 3.63) is 41.7 Å². The lowest BCUT2D eigenvalue weighted by molar-refractivity contribution is 0.339. The van der Waals surface area contributed by atoms with Crippen molar-refractivity contribution in [3.63, 3.8) is 0 Å². The molecule has 2 rings (SSSR count). The van der Waals surface area contributed by atoms with Crippen LogP contribution < -0.4 is 15.2 Å². The minimum atomic E-state index is -0.298. The third kappa shape index (κ3) is 2.77. The average molecular weight is 275 g/mol. The molecule has 1 unspecified atom stereocenters. The minimum absolute atomic E-state index is 0.298. The number of rotatable bonds is 6. The first-order valence-electron chi connectivity index (χ1n) is 6.79. The first-order chi connectivity index (χ1) is 9.71. The Kier molecular flexibility index (Phi) is 4.63. The van der Waals surface area contributed by atoms with Gasteiger partial charge in [0, 0.05) is 6.54 Å². The van der Waals surface area contributed by atoms with E-state index in [1.807, 2.05) is 42.8 Å². The number of benzene rings is 1. The second-order valence-electron chi connectivity index (χ2n) is 4.40. The van der Waals surface area contributed by atoms with Crippen molar-refractivity contribution < 1.29 is 9.47 Å². The maximum atomic E-state index is 6.38. The fraction of sp³-hybridized carbons (Fsp3) is 0.400. The van der Waals surface area contributed by atoms with E-state index in [9.17, 15) is 0 Å². The van der Waals surface area contributed by atoms with Gasteiger partial charge in [-0.3, -0.25) is 4.68 Å². The van der Waals surface area contributed by atoms with Crippen LogP contribution in [0.25, 0.3) is 0 Å². The summed E-state index contributed by atoms with van der Waals surface area (Å²) in [6.07, 6.45) is 1.70. The van der Waals surface area contributed by atoms with Crippen LogP contribution in [0.2, 0.25) is 0 Å². The molecule has 1 heterocycles. The Morgan fingerprint density at radius 2 is 2.15 bits per heavy atom. The van der Waals surface area contributed by atoms with Crippen LogP contribution in [-0.4, -0.2) is 23.5 Å². The van der Waals surface area contributed by atoms with E-state index in [4.69, 9.17) is 15.2 Å². The number of nitrogens with two attached hydrogens (primary N) is 1. The van der Waals surface area contributed by atoms with Gasteiger partial charge in [0.05, 0.1) is 26.0 Å². The Bertz CT molecular complexity index is 544. The van der Waals surface area contributed by atoms with Crippen molar-refractivity contribution in [2.45, 2.75) is 26.4 Å². The van der Waals surface area contributed by atoms with Crippen LogP contribution in [0.4, 0.5) is 0 Å². The predicted octanol–water partition coefficient (Wildman–Crippen LogP) is 2.36. The van der Waals surface area contributed by atoms with Crippen LogP contribution in [-0.2, 0) is 6.54 Å². The van der Waals surface area contributed by atoms with E-state index in [2.05, 4.69) is 5.10 Å². The van der Waals surface area contributed by atoms with Crippen LogP contribution in [0.1, 0.15) is 31.1 Å². The molecule has 1 aromatic heterocycles. The molecular formula is C15H21N3O2. The van der Waals surface area contributed by atoms with Gasteiger partial charge in [0.25, 0.3) is 0 Å². The summed E-state index contributed by atoms with van der Waals surface area (Å²) in [5, 5.41) is 4.29. The summed E-state index contributed by atoms with van der Waals surface area (Å²) in [4.78, 5) is 0. The molecular weight excluding hydrogens is 254 g/mol. The molecule has 0 fully saturated rings. The third-order valence-corrected chi connectivity index (χ3v) is 3.19. The predicted molar refractivity (Wildman–Crippen MR) is 78.1 cm³/mol. The quantitative estimate of drug-likeness (QED) is 0.879. The van der Waals surface area contributed by atoms with Crippen molar-refractivity contribution >= 4 is 0 Å². The van der Waals surface area contributed by atoms with Gasteiger partial charge in [-0.15, -0.1) is 0 Å². The van der Waals surface area contributed by atoms with Crippen LogP contribution in [0.3, 0.4) is 0 Å². The van der Waals surface area contributed by atoms with Crippen LogP contribution >= 0.6 is 0 Å². The summed E-state index contributed by atoms with van der Waals surface area (Å²) in [5.41, 5.74) is 8.24. The molecule has 0 aliphatic heterocycles. The average Bonchev–Trinajstić information content (AvgIpc) is 2.90. The number of ether oxygens (including phenoxy) is 2. The lowest BCUT2D eigenvalue weighted by atomic mass is 10.0. The number of aromatic nitrogens is 2. The molecule has 0 amide bonds. The number of hydrogen-bond acceptors (Lipinski definition) is 4. The molecule has 0 aliphatic rings. The SMILES string of the molecule is CCOc1cccc(C(N)c2c(OC)cnn2CC)c1. The van der Waals surface area contributed by atoms with Gasteiger partial charge in [-0.2, -0.15) is 5.10 Å². The molecule has 0 radical (unpaired) electrons. The normalized spacial score (nSPS) is 12.2. The zero-order valence-corrected chi connectivity index (χ0v) is 12.2. The Morgan fingerprint density at radius 1 is 1.35 bits per heavy atom. The largest absolute Gasteiger partial charge is 0.494 e. The van der Waals surface area contributed by atoms with Crippen molar-refractivity contribution in [1.82, 2.24) is 9.78 Å². The van der Waals surface area contributed by atoms with Gasteiger partial charge >= 0.3 is 0 Å². The number of hydrogen-bond donors (Lipinski definition) is 1. The summed E-state index contributed by atoms with van der Waals surface area (Å²) in [7, 11) is 1.63. The summed E-state index contributed by atoms with van der Waals surface area (Å²) in [5.74, 6) is 1.53. The van der Waals surface area contributed by atoms with E-state index in [1.54, 1.807) is 13.3 Å². The van der Waals surface area contributed by atoms with Gasteiger partial charge in [0.15, 0.2) is 5.75 Å². The second kappa shape index (κ2) is 6.43. The lowest BCUT2D eigenvalue weighted by Gasteiger charge is -2.16. The molecule has 5 nitrogen and oxygen atoms in total. The van der Waals surface area contributed by atoms with Crippen LogP contribution in [0, 0.1) is 0 Å². The third-order valence-electron chi connectivity index (χ3n) is 3.19. The molecule has 5 heteroatoms. The zero-order valence-electron chi connectivity index (χ0n) is 12.2. The standard InChI is InChI=1S/C15H21N3O2/c1-4-18-15(13(19-3)10-17-18)14(16)11-7-6-8-12(9-11)20-5-2/h6-10,14H,4-5,16H2,1-3H3. The maximum Gasteiger partial charge on any atom is 0.161 e. The molecule has 1 atom stereocenters. The van der Waals surface area contributed by atoms with Gasteiger partial charge in [-0.25, -0.2) is 0 Å². The van der Waals surface area contributed by atoms with E-state index >= 15 is 0 Å². The molecule has 20 heavy (non-hydrogen) atoms. The summed E-state index contributed by atoms with van der Waals surface area (Å²) < 4.78 is 12.7. The molecule has 0 saturated heterocycles. The van der Waals surface area contributed by atoms with Crippen molar-refractivity contribution in [2.24, 2.45) is 5.73 Å². The Labute approximate surface area is 119 Å². The molecule has 0 bridgehead atoms. The molecule has 0 saturated carbocycles. The highest BCUT2D eigenvalue weighted by atomic mass is 16.5. The minimum Gasteiger partial charge on any atom is -0.494 e. The van der Waals surface area contributed by atoms with E-state index < -0.39 is 0 Å². The Morgan fingerprint density at radius 3 is 2.80 bits per heavy atom. The smallest absolute Gasteiger partial charge is 0.161 e. The van der Waals surface area contributed by atoms with Crippen molar-refractivity contribution in [2.75, 3.05) is 13.7 Å². The highest BCUT2D eigenvalue weighted by Gasteiger charge is 2.20. The highest BCUT2D eigenvalue weighted by molar-refractivity contribution is 5.39. The number of aryl methyl sites for hydroxylation is 1. The summed E-state index contributed by atoms with van der Waals surface area (Å²) >= 11 is 0. The highest BCUT2D eigenvalue weighted by Crippen LogP contribution is 2.29. The van der Waals surface area contributed by atoms with Crippen LogP contribution in [0.15, 0.2) is 30.5 Å². The second-order valence-corrected chi connectivity index (χ2v) is 4.40. The van der Waals surface area contributed by atoms with E-state index in [0.29, 0.717) is 12.4 Å². The summed E-state index contributed by atoms with van der Waals surface area (Å²) in [6, 6.07) is 7.51. The fourth-order valence-corrected chi connectivity index (χ4v) is 2.22. The Hall–Kier alpha value is -2.01. The molecule has 0 aliphatic carbocycles. The van der Waals surface area contributed by atoms with Crippen molar-refractivity contribution in [3.8, 4) is 11.5 Å². The molecule has 2 N–H and O–H groups in total. The molecule has 0 spiro atoms. The lowest BCUT2D eigenvalue weighted by Crippen LogP contribution is -2.18. The van der Waals surface area contributed by atoms with E-state index in [-0.39, 0.29) is 6.04 Å². The van der Waals surface area contributed by atoms with E-state index in [0.717, 1.165) is 23.6 Å². The summed E-state index contributed by atoms with van der Waals surface area (Å²) in [6.45, 7) is 5.37. The Balaban J connectivity index is 2.37. The van der Waals surface area contributed by atoms with Gasteiger partial charge < -0.3 is 15.2 Å². The first-order valence-corrected chi connectivity index (χ1v) is 6.79. The monoisotopic (exact) mass is 275 g/mol. The van der Waals surface area contributed by atoms with Crippen LogP contribution in [0.5, 0.6) is 11.5 Å². The topological polar surface area (TPSA) is 62.3 Å². The van der Waals surface area contributed by atoms with Gasteiger partial charge in [0.1, 0.15) is 11.4 Å². The molecule has 1 aromatic carbocycles. The zero-order chi connectivity index (χ0) is 14.5. The van der Waals surface area contributed by atoms with Gasteiger partial charge in [0.2, 0.25) is 0 Å². The maximum absolute atomic E-state index is 6.38. The van der Waals surface area contributed by atoms with Crippen molar-refractivity contribution in [1.29, 1.82) is 0 Å². The van der Waals surface area contributed by atoms with Gasteiger partial charge in [-0.1, -0.05) is 12.1 Å². The van der Waals surface area contributed by atoms with Gasteiger partial charge in [-0.05, 0) is 31.5 Å². The number of methoxy groups -OCH3 is 1.